The lowest BCUT2D eigenvalue weighted by Crippen LogP contribution is -2.32. The van der Waals surface area contributed by atoms with E-state index < -0.39 is 5.82 Å². The van der Waals surface area contributed by atoms with E-state index in [1.165, 1.54) is 18.5 Å². The van der Waals surface area contributed by atoms with E-state index in [0.29, 0.717) is 28.7 Å². The van der Waals surface area contributed by atoms with Crippen molar-refractivity contribution in [2.75, 3.05) is 36.4 Å². The number of halogens is 2. The highest BCUT2D eigenvalue weighted by atomic mass is 35.5. The number of aromatic nitrogens is 3. The second-order valence-electron chi connectivity index (χ2n) is 7.86. The number of nitrogens with one attached hydrogen (secondary N) is 1. The molecule has 0 bridgehead atoms. The van der Waals surface area contributed by atoms with Crippen LogP contribution in [-0.2, 0) is 4.79 Å². The number of carbonyl (C=O) groups is 1. The van der Waals surface area contributed by atoms with Gasteiger partial charge >= 0.3 is 0 Å². The van der Waals surface area contributed by atoms with E-state index in [1.54, 1.807) is 12.1 Å². The predicted molar refractivity (Wildman–Crippen MR) is 118 cm³/mol. The number of likely N-dealkylation sites (tertiary alicyclic amines) is 1. The fourth-order valence-corrected chi connectivity index (χ4v) is 4.59. The molecule has 2 atom stereocenters. The molecule has 2 fully saturated rings. The molecule has 1 aromatic carbocycles. The molecule has 0 saturated carbocycles. The second-order valence-corrected chi connectivity index (χ2v) is 8.27. The fourth-order valence-electron chi connectivity index (χ4n) is 4.41. The molecule has 0 unspecified atom stereocenters. The maximum Gasteiger partial charge on any atom is 0.245 e. The monoisotopic (exact) mass is 438 g/mol. The zero-order chi connectivity index (χ0) is 21.5. The van der Waals surface area contributed by atoms with Crippen LogP contribution in [0.25, 0.3) is 11.0 Å². The van der Waals surface area contributed by atoms with Gasteiger partial charge in [-0.1, -0.05) is 24.2 Å². The molecule has 1 N–H and O–H groups in total. The van der Waals surface area contributed by atoms with Crippen LogP contribution in [0.4, 0.5) is 21.7 Å². The number of pyridine rings is 1. The Morgan fingerprint density at radius 3 is 2.68 bits per heavy atom. The third kappa shape index (κ3) is 3.57. The van der Waals surface area contributed by atoms with Crippen LogP contribution in [-0.4, -0.2) is 51.9 Å². The number of nitrogens with zero attached hydrogens (tertiary/aromatic N) is 5. The van der Waals surface area contributed by atoms with Gasteiger partial charge in [0.05, 0.1) is 16.2 Å². The molecule has 2 saturated heterocycles. The van der Waals surface area contributed by atoms with Crippen LogP contribution in [0.5, 0.6) is 0 Å². The van der Waals surface area contributed by atoms with Gasteiger partial charge in [-0.15, -0.1) is 0 Å². The number of hydrogen-bond donors (Lipinski definition) is 1. The Hall–Kier alpha value is -3.26. The summed E-state index contributed by atoms with van der Waals surface area (Å²) in [6.07, 6.45) is 2.79. The molecule has 2 aromatic heterocycles. The summed E-state index contributed by atoms with van der Waals surface area (Å²) >= 11 is 5.90. The largest absolute Gasteiger partial charge is 0.356 e. The minimum atomic E-state index is -0.543. The Balaban J connectivity index is 1.41. The summed E-state index contributed by atoms with van der Waals surface area (Å²) < 4.78 is 14.4. The van der Waals surface area contributed by atoms with E-state index in [2.05, 4.69) is 26.8 Å². The topological polar surface area (TPSA) is 74.2 Å². The van der Waals surface area contributed by atoms with Gasteiger partial charge in [-0.25, -0.2) is 19.3 Å². The maximum atomic E-state index is 14.4. The van der Waals surface area contributed by atoms with Gasteiger partial charge in [0.2, 0.25) is 5.91 Å². The average molecular weight is 439 g/mol. The van der Waals surface area contributed by atoms with Crippen LogP contribution in [0.15, 0.2) is 49.3 Å². The predicted octanol–water partition coefficient (Wildman–Crippen LogP) is 3.64. The van der Waals surface area contributed by atoms with Gasteiger partial charge in [0.25, 0.3) is 0 Å². The van der Waals surface area contributed by atoms with Crippen LogP contribution in [0.2, 0.25) is 5.02 Å². The van der Waals surface area contributed by atoms with Gasteiger partial charge < -0.3 is 15.1 Å². The number of hydrogen-bond acceptors (Lipinski definition) is 6. The number of anilines is 3. The Bertz CT molecular complexity index is 1170. The molecule has 3 aromatic rings. The zero-order valence-corrected chi connectivity index (χ0v) is 17.4. The normalized spacial score (nSPS) is 20.2. The summed E-state index contributed by atoms with van der Waals surface area (Å²) in [6, 6.07) is 8.58. The lowest BCUT2D eigenvalue weighted by atomic mass is 10.0. The summed E-state index contributed by atoms with van der Waals surface area (Å²) in [5.41, 5.74) is 1.44. The first kappa shape index (κ1) is 19.7. The van der Waals surface area contributed by atoms with E-state index in [4.69, 9.17) is 16.6 Å². The van der Waals surface area contributed by atoms with Crippen molar-refractivity contribution >= 4 is 45.9 Å². The minimum Gasteiger partial charge on any atom is -0.356 e. The Kier molecular flexibility index (Phi) is 4.94. The first-order valence-electron chi connectivity index (χ1n) is 10.0. The van der Waals surface area contributed by atoms with E-state index in [1.807, 2.05) is 17.0 Å². The van der Waals surface area contributed by atoms with Crippen molar-refractivity contribution < 1.29 is 9.18 Å². The van der Waals surface area contributed by atoms with Crippen molar-refractivity contribution in [3.63, 3.8) is 0 Å². The molecule has 158 valence electrons. The van der Waals surface area contributed by atoms with Gasteiger partial charge in [0.15, 0.2) is 11.6 Å². The quantitative estimate of drug-likeness (QED) is 0.627. The molecule has 5 rings (SSSR count). The number of benzene rings is 1. The molecule has 0 aliphatic carbocycles. The summed E-state index contributed by atoms with van der Waals surface area (Å²) in [6.45, 7) is 6.70. The maximum absolute atomic E-state index is 14.4. The molecular weight excluding hydrogens is 419 g/mol. The van der Waals surface area contributed by atoms with Crippen molar-refractivity contribution in [3.05, 3.63) is 60.2 Å². The van der Waals surface area contributed by atoms with Gasteiger partial charge in [0.1, 0.15) is 17.7 Å². The summed E-state index contributed by atoms with van der Waals surface area (Å²) in [5, 5.41) is 3.03. The molecule has 9 heteroatoms. The van der Waals surface area contributed by atoms with Gasteiger partial charge in [-0.05, 0) is 30.3 Å². The molecule has 0 radical (unpaired) electrons. The van der Waals surface area contributed by atoms with Crippen LogP contribution in [0, 0.1) is 17.7 Å². The number of rotatable bonds is 4. The van der Waals surface area contributed by atoms with Crippen LogP contribution in [0.1, 0.15) is 0 Å². The van der Waals surface area contributed by atoms with Crippen molar-refractivity contribution in [2.24, 2.45) is 11.8 Å². The van der Waals surface area contributed by atoms with Crippen molar-refractivity contribution in [1.29, 1.82) is 0 Å². The smallest absolute Gasteiger partial charge is 0.245 e. The second kappa shape index (κ2) is 7.77. The van der Waals surface area contributed by atoms with E-state index in [0.717, 1.165) is 32.0 Å². The summed E-state index contributed by atoms with van der Waals surface area (Å²) in [4.78, 5) is 29.3. The highest BCUT2D eigenvalue weighted by Crippen LogP contribution is 2.34. The van der Waals surface area contributed by atoms with Crippen LogP contribution in [0.3, 0.4) is 0 Å². The molecule has 4 heterocycles. The number of amides is 1. The third-order valence-electron chi connectivity index (χ3n) is 5.97. The number of carbonyl (C=O) groups excluding carboxylic acids is 1. The summed E-state index contributed by atoms with van der Waals surface area (Å²) in [7, 11) is 0. The highest BCUT2D eigenvalue weighted by molar-refractivity contribution is 6.31. The van der Waals surface area contributed by atoms with Crippen molar-refractivity contribution in [2.45, 2.75) is 0 Å². The fraction of sp³-hybridized carbons (Fsp3) is 0.273. The lowest BCUT2D eigenvalue weighted by Gasteiger charge is -2.22. The Labute approximate surface area is 183 Å². The molecule has 1 amide bonds. The zero-order valence-electron chi connectivity index (χ0n) is 16.6. The molecule has 7 nitrogen and oxygen atoms in total. The van der Waals surface area contributed by atoms with Gasteiger partial charge in [-0.2, -0.15) is 0 Å². The van der Waals surface area contributed by atoms with E-state index in [9.17, 15) is 9.18 Å². The molecule has 2 aliphatic heterocycles. The number of fused-ring (bicyclic) bond motifs is 2. The first-order valence-corrected chi connectivity index (χ1v) is 10.4. The van der Waals surface area contributed by atoms with Crippen LogP contribution >= 0.6 is 11.6 Å². The highest BCUT2D eigenvalue weighted by Gasteiger charge is 2.41. The minimum absolute atomic E-state index is 0.00843. The van der Waals surface area contributed by atoms with Crippen LogP contribution < -0.4 is 10.2 Å². The Morgan fingerprint density at radius 1 is 1.16 bits per heavy atom. The standard InChI is InChI=1S/C22H20ClFN6O/c1-2-19(31)30-10-13-8-29(9-14(13)11-30)18-7-6-17-21(28-18)22(26-12-25-17)27-16-5-3-4-15(23)20(16)24/h2-7,12-14H,1,8-11H2,(H,25,26,27)/t13-,14+. The Morgan fingerprint density at radius 2 is 1.94 bits per heavy atom. The van der Waals surface area contributed by atoms with E-state index in [-0.39, 0.29) is 16.6 Å². The molecule has 31 heavy (non-hydrogen) atoms. The van der Waals surface area contributed by atoms with Crippen molar-refractivity contribution in [1.82, 2.24) is 19.9 Å². The lowest BCUT2D eigenvalue weighted by molar-refractivity contribution is -0.125. The van der Waals surface area contributed by atoms with Crippen molar-refractivity contribution in [3.8, 4) is 0 Å². The van der Waals surface area contributed by atoms with Gasteiger partial charge in [0, 0.05) is 38.0 Å². The third-order valence-corrected chi connectivity index (χ3v) is 6.26. The first-order chi connectivity index (χ1) is 15.0. The van der Waals surface area contributed by atoms with Gasteiger partial charge in [-0.3, -0.25) is 4.79 Å². The van der Waals surface area contributed by atoms with E-state index >= 15 is 0 Å². The molecular formula is C22H20ClFN6O. The molecule has 2 aliphatic rings. The SMILES string of the molecule is C=CC(=O)N1C[C@@H]2CN(c3ccc4ncnc(Nc5cccc(Cl)c5F)c4n3)C[C@@H]2C1. The summed E-state index contributed by atoms with van der Waals surface area (Å²) in [5.74, 6) is 1.49. The molecule has 0 spiro atoms. The average Bonchev–Trinajstić information content (AvgIpc) is 3.36.